The van der Waals surface area contributed by atoms with Gasteiger partial charge in [-0.05, 0) is 31.4 Å². The number of aromatic nitrogens is 1. The summed E-state index contributed by atoms with van der Waals surface area (Å²) in [4.78, 5) is 7.60. The molecule has 3 heteroatoms. The van der Waals surface area contributed by atoms with E-state index in [1.54, 1.807) is 0 Å². The number of hydrogen-bond acceptors (Lipinski definition) is 2. The van der Waals surface area contributed by atoms with Crippen LogP contribution in [0, 0.1) is 6.92 Å². The molecule has 0 amide bonds. The molecule has 0 spiro atoms. The summed E-state index contributed by atoms with van der Waals surface area (Å²) in [5.41, 5.74) is 2.97. The first-order valence-electron chi connectivity index (χ1n) is 6.58. The smallest absolute Gasteiger partial charge is 0.198 e. The van der Waals surface area contributed by atoms with Gasteiger partial charge in [-0.3, -0.25) is 4.99 Å². The summed E-state index contributed by atoms with van der Waals surface area (Å²) in [6.45, 7) is 2.05. The van der Waals surface area contributed by atoms with Gasteiger partial charge in [0.05, 0.1) is 5.56 Å². The van der Waals surface area contributed by atoms with Gasteiger partial charge >= 0.3 is 0 Å². The largest absolute Gasteiger partial charge is 0.494 e. The first kappa shape index (κ1) is 11.3. The highest BCUT2D eigenvalue weighted by Gasteiger charge is 2.14. The maximum atomic E-state index is 9.95. The lowest BCUT2D eigenvalue weighted by Crippen LogP contribution is -1.96. The van der Waals surface area contributed by atoms with Crippen LogP contribution in [0.4, 0.5) is 0 Å². The molecule has 0 radical (unpaired) electrons. The van der Waals surface area contributed by atoms with Gasteiger partial charge in [0.15, 0.2) is 5.88 Å². The lowest BCUT2D eigenvalue weighted by Gasteiger charge is -2.00. The summed E-state index contributed by atoms with van der Waals surface area (Å²) in [5, 5.41) is 11.0. The number of H-pyrrole nitrogens is 1. The number of aryl methyl sites for hydroxylation is 1. The second kappa shape index (κ2) is 4.48. The molecule has 2 aromatic rings. The highest BCUT2D eigenvalue weighted by molar-refractivity contribution is 6.02. The van der Waals surface area contributed by atoms with Crippen molar-refractivity contribution in [1.29, 1.82) is 0 Å². The topological polar surface area (TPSA) is 48.4 Å². The zero-order chi connectivity index (χ0) is 12.5. The van der Waals surface area contributed by atoms with Crippen LogP contribution in [0.3, 0.4) is 0 Å². The van der Waals surface area contributed by atoms with E-state index in [0.717, 1.165) is 16.5 Å². The number of benzene rings is 1. The Morgan fingerprint density at radius 3 is 2.89 bits per heavy atom. The lowest BCUT2D eigenvalue weighted by atomic mass is 10.1. The normalized spacial score (nSPS) is 17.2. The Labute approximate surface area is 107 Å². The van der Waals surface area contributed by atoms with Gasteiger partial charge in [-0.15, -0.1) is 0 Å². The molecule has 1 aliphatic carbocycles. The number of fused-ring (bicyclic) bond motifs is 1. The SMILES string of the molecule is Cc1ccc2c(C=NC3CCCC3)c(O)[nH]c2c1. The van der Waals surface area contributed by atoms with Gasteiger partial charge in [0.2, 0.25) is 0 Å². The van der Waals surface area contributed by atoms with Crippen molar-refractivity contribution >= 4 is 17.1 Å². The second-order valence-electron chi connectivity index (χ2n) is 5.15. The molecule has 94 valence electrons. The van der Waals surface area contributed by atoms with Crippen molar-refractivity contribution in [2.75, 3.05) is 0 Å². The molecule has 1 aromatic heterocycles. The van der Waals surface area contributed by atoms with E-state index < -0.39 is 0 Å². The molecular formula is C15H18N2O. The quantitative estimate of drug-likeness (QED) is 0.777. The summed E-state index contributed by atoms with van der Waals surface area (Å²) >= 11 is 0. The van der Waals surface area contributed by atoms with E-state index in [2.05, 4.69) is 16.0 Å². The third-order valence-electron chi connectivity index (χ3n) is 3.71. The van der Waals surface area contributed by atoms with Crippen LogP contribution in [0.25, 0.3) is 10.9 Å². The third kappa shape index (κ3) is 2.01. The van der Waals surface area contributed by atoms with Crippen molar-refractivity contribution in [1.82, 2.24) is 4.98 Å². The van der Waals surface area contributed by atoms with E-state index in [1.807, 2.05) is 25.3 Å². The van der Waals surface area contributed by atoms with E-state index in [1.165, 1.54) is 31.2 Å². The van der Waals surface area contributed by atoms with Crippen molar-refractivity contribution in [3.63, 3.8) is 0 Å². The van der Waals surface area contributed by atoms with Crippen LogP contribution in [-0.4, -0.2) is 22.3 Å². The average Bonchev–Trinajstić information content (AvgIpc) is 2.93. The van der Waals surface area contributed by atoms with Crippen molar-refractivity contribution in [3.8, 4) is 5.88 Å². The Balaban J connectivity index is 1.97. The predicted octanol–water partition coefficient (Wildman–Crippen LogP) is 3.54. The maximum Gasteiger partial charge on any atom is 0.198 e. The summed E-state index contributed by atoms with van der Waals surface area (Å²) < 4.78 is 0. The molecule has 1 heterocycles. The van der Waals surface area contributed by atoms with E-state index in [0.29, 0.717) is 6.04 Å². The monoisotopic (exact) mass is 242 g/mol. The number of aromatic hydroxyl groups is 1. The fraction of sp³-hybridized carbons (Fsp3) is 0.400. The Hall–Kier alpha value is -1.77. The molecule has 1 aromatic carbocycles. The van der Waals surface area contributed by atoms with Gasteiger partial charge in [0.25, 0.3) is 0 Å². The Morgan fingerprint density at radius 1 is 1.33 bits per heavy atom. The van der Waals surface area contributed by atoms with Crippen LogP contribution in [0.2, 0.25) is 0 Å². The number of rotatable bonds is 2. The van der Waals surface area contributed by atoms with Crippen molar-refractivity contribution < 1.29 is 5.11 Å². The summed E-state index contributed by atoms with van der Waals surface area (Å²) in [6, 6.07) is 6.58. The van der Waals surface area contributed by atoms with E-state index in [4.69, 9.17) is 0 Å². The molecule has 0 saturated heterocycles. The highest BCUT2D eigenvalue weighted by Crippen LogP contribution is 2.27. The van der Waals surface area contributed by atoms with Crippen LogP contribution in [0.1, 0.15) is 36.8 Å². The minimum atomic E-state index is 0.220. The fourth-order valence-corrected chi connectivity index (χ4v) is 2.68. The standard InChI is InChI=1S/C15H18N2O/c1-10-6-7-12-13(15(18)17-14(12)8-10)9-16-11-4-2-3-5-11/h6-9,11,17-18H,2-5H2,1H3. The average molecular weight is 242 g/mol. The van der Waals surface area contributed by atoms with E-state index in [-0.39, 0.29) is 5.88 Å². The van der Waals surface area contributed by atoms with Gasteiger partial charge in [-0.2, -0.15) is 0 Å². The zero-order valence-electron chi connectivity index (χ0n) is 10.6. The molecule has 3 nitrogen and oxygen atoms in total. The summed E-state index contributed by atoms with van der Waals surface area (Å²) in [6.07, 6.45) is 6.75. The molecule has 0 bridgehead atoms. The van der Waals surface area contributed by atoms with E-state index in [9.17, 15) is 5.11 Å². The third-order valence-corrected chi connectivity index (χ3v) is 3.71. The molecule has 3 rings (SSSR count). The second-order valence-corrected chi connectivity index (χ2v) is 5.15. The van der Waals surface area contributed by atoms with Crippen LogP contribution in [0.15, 0.2) is 23.2 Å². The van der Waals surface area contributed by atoms with Crippen molar-refractivity contribution in [2.24, 2.45) is 4.99 Å². The number of hydrogen-bond donors (Lipinski definition) is 2. The number of nitrogens with zero attached hydrogens (tertiary/aromatic N) is 1. The van der Waals surface area contributed by atoms with Crippen LogP contribution in [0.5, 0.6) is 5.88 Å². The zero-order valence-corrected chi connectivity index (χ0v) is 10.6. The minimum Gasteiger partial charge on any atom is -0.494 e. The Kier molecular flexibility index (Phi) is 2.82. The van der Waals surface area contributed by atoms with Gasteiger partial charge in [0, 0.05) is 23.2 Å². The van der Waals surface area contributed by atoms with Gasteiger partial charge in [-0.25, -0.2) is 0 Å². The summed E-state index contributed by atoms with van der Waals surface area (Å²) in [5.74, 6) is 0.220. The van der Waals surface area contributed by atoms with Gasteiger partial charge < -0.3 is 10.1 Å². The predicted molar refractivity (Wildman–Crippen MR) is 74.6 cm³/mol. The van der Waals surface area contributed by atoms with Gasteiger partial charge in [-0.1, -0.05) is 25.0 Å². The number of nitrogens with one attached hydrogen (secondary N) is 1. The molecule has 1 aliphatic rings. The minimum absolute atomic E-state index is 0.220. The molecule has 0 unspecified atom stereocenters. The van der Waals surface area contributed by atoms with E-state index >= 15 is 0 Å². The van der Waals surface area contributed by atoms with Crippen LogP contribution in [-0.2, 0) is 0 Å². The first-order valence-corrected chi connectivity index (χ1v) is 6.58. The molecular weight excluding hydrogens is 224 g/mol. The molecule has 0 aliphatic heterocycles. The van der Waals surface area contributed by atoms with Crippen molar-refractivity contribution in [2.45, 2.75) is 38.6 Å². The van der Waals surface area contributed by atoms with Crippen LogP contribution < -0.4 is 0 Å². The molecule has 2 N–H and O–H groups in total. The lowest BCUT2D eigenvalue weighted by molar-refractivity contribution is 0.457. The fourth-order valence-electron chi connectivity index (χ4n) is 2.68. The Morgan fingerprint density at radius 2 is 2.11 bits per heavy atom. The maximum absolute atomic E-state index is 9.95. The molecule has 1 fully saturated rings. The molecule has 18 heavy (non-hydrogen) atoms. The van der Waals surface area contributed by atoms with Gasteiger partial charge in [0.1, 0.15) is 0 Å². The molecule has 0 atom stereocenters. The highest BCUT2D eigenvalue weighted by atomic mass is 16.3. The summed E-state index contributed by atoms with van der Waals surface area (Å²) in [7, 11) is 0. The van der Waals surface area contributed by atoms with Crippen molar-refractivity contribution in [3.05, 3.63) is 29.3 Å². The van der Waals surface area contributed by atoms with Crippen LogP contribution >= 0.6 is 0 Å². The molecule has 1 saturated carbocycles. The Bertz CT molecular complexity index is 592. The number of aromatic amines is 1. The first-order chi connectivity index (χ1) is 8.74. The number of aliphatic imine (C=N–C) groups is 1.